The molecule has 1 N–H and O–H groups in total. The van der Waals surface area contributed by atoms with E-state index >= 15 is 0 Å². The summed E-state index contributed by atoms with van der Waals surface area (Å²) in [6, 6.07) is 19.7. The average molecular weight is 754 g/mol. The van der Waals surface area contributed by atoms with E-state index in [-0.39, 0.29) is 40.2 Å². The summed E-state index contributed by atoms with van der Waals surface area (Å²) in [5, 5.41) is 5.65. The summed E-state index contributed by atoms with van der Waals surface area (Å²) in [5.41, 5.74) is 2.98. The Bertz CT molecular complexity index is 2050. The molecule has 0 saturated heterocycles. The Morgan fingerprint density at radius 2 is 1.30 bits per heavy atom. The van der Waals surface area contributed by atoms with Crippen molar-refractivity contribution >= 4 is 87.3 Å². The first-order valence-corrected chi connectivity index (χ1v) is 17.1. The van der Waals surface area contributed by atoms with Gasteiger partial charge in [0.25, 0.3) is 0 Å². The van der Waals surface area contributed by atoms with Gasteiger partial charge < -0.3 is 10.1 Å². The van der Waals surface area contributed by atoms with Crippen molar-refractivity contribution in [3.8, 4) is 0 Å². The molecular weight excluding hydrogens is 720 g/mol. The quantitative estimate of drug-likeness (QED) is 0.119. The van der Waals surface area contributed by atoms with Gasteiger partial charge in [-0.05, 0) is 66.6 Å². The molecular formula is C39H33Cl4NO6. The van der Waals surface area contributed by atoms with Gasteiger partial charge in [0.2, 0.25) is 0 Å². The van der Waals surface area contributed by atoms with Crippen molar-refractivity contribution in [1.82, 2.24) is 0 Å². The highest BCUT2D eigenvalue weighted by Crippen LogP contribution is 2.44. The lowest BCUT2D eigenvalue weighted by Crippen LogP contribution is -2.33. The SMILES string of the molecule is CCC(=O)C1C(=O)c2cc(C(=O)c3ccc4c(c3)C(=O)C(C=O)C4=O)ccc2C1(C)C.CNc1ccc(Cl)cc1Cl.Cc1ccc(Cl)cc1Cl. The number of anilines is 1. The second kappa shape index (κ2) is 15.8. The molecule has 0 spiro atoms. The summed E-state index contributed by atoms with van der Waals surface area (Å²) >= 11 is 22.8. The van der Waals surface area contributed by atoms with E-state index in [1.165, 1.54) is 24.3 Å². The lowest BCUT2D eigenvalue weighted by atomic mass is 9.75. The molecule has 4 aromatic carbocycles. The number of rotatable bonds is 6. The number of halogens is 4. The molecule has 0 heterocycles. The van der Waals surface area contributed by atoms with Crippen LogP contribution in [0.5, 0.6) is 0 Å². The van der Waals surface area contributed by atoms with Crippen molar-refractivity contribution in [2.24, 2.45) is 11.8 Å². The van der Waals surface area contributed by atoms with Gasteiger partial charge in [0.15, 0.2) is 23.1 Å². The van der Waals surface area contributed by atoms with Crippen molar-refractivity contribution in [1.29, 1.82) is 0 Å². The van der Waals surface area contributed by atoms with Gasteiger partial charge >= 0.3 is 0 Å². The van der Waals surface area contributed by atoms with Crippen LogP contribution in [0, 0.1) is 18.8 Å². The molecule has 0 aromatic heterocycles. The third-order valence-electron chi connectivity index (χ3n) is 8.74. The summed E-state index contributed by atoms with van der Waals surface area (Å²) in [4.78, 5) is 73.9. The normalized spacial score (nSPS) is 16.7. The number of fused-ring (bicyclic) bond motifs is 2. The molecule has 2 atom stereocenters. The number of hydrogen-bond donors (Lipinski definition) is 1. The Hall–Kier alpha value is -4.14. The molecule has 11 heteroatoms. The topological polar surface area (TPSA) is 114 Å². The van der Waals surface area contributed by atoms with Gasteiger partial charge in [-0.15, -0.1) is 0 Å². The predicted molar refractivity (Wildman–Crippen MR) is 198 cm³/mol. The second-order valence-electron chi connectivity index (χ2n) is 12.3. The van der Waals surface area contributed by atoms with E-state index in [2.05, 4.69) is 5.32 Å². The largest absolute Gasteiger partial charge is 0.387 e. The van der Waals surface area contributed by atoms with Crippen LogP contribution in [-0.4, -0.2) is 42.3 Å². The van der Waals surface area contributed by atoms with Gasteiger partial charge in [-0.3, -0.25) is 24.0 Å². The van der Waals surface area contributed by atoms with Crippen LogP contribution in [0.4, 0.5) is 5.69 Å². The Balaban J connectivity index is 0.000000239. The third-order valence-corrected chi connectivity index (χ3v) is 9.93. The van der Waals surface area contributed by atoms with Crippen molar-refractivity contribution in [3.05, 3.63) is 132 Å². The molecule has 0 amide bonds. The van der Waals surface area contributed by atoms with E-state index < -0.39 is 34.6 Å². The summed E-state index contributed by atoms with van der Waals surface area (Å²) in [7, 11) is 1.81. The minimum atomic E-state index is -1.35. The third kappa shape index (κ3) is 7.77. The lowest BCUT2D eigenvalue weighted by molar-refractivity contribution is -0.122. The Labute approximate surface area is 310 Å². The Kier molecular flexibility index (Phi) is 12.2. The first-order valence-electron chi connectivity index (χ1n) is 15.6. The van der Waals surface area contributed by atoms with E-state index in [9.17, 15) is 28.8 Å². The van der Waals surface area contributed by atoms with Crippen LogP contribution in [0.25, 0.3) is 0 Å². The molecule has 50 heavy (non-hydrogen) atoms. The zero-order chi connectivity index (χ0) is 37.1. The van der Waals surface area contributed by atoms with E-state index in [0.29, 0.717) is 26.9 Å². The molecule has 0 saturated carbocycles. The standard InChI is InChI=1S/C25H20O6.C7H7Cl2N.C7H6Cl2/c1-4-19(27)20-24(31)16-10-13(6-8-18(16)25(20,2)3)21(28)12-5-7-14-15(9-12)23(30)17(11-26)22(14)29;1-10-7-3-2-5(8)4-6(7)9;1-5-2-3-6(8)4-7(5)9/h5-11,17,20H,4H2,1-3H3;2-4,10H,1H3;2-4H,1H3. The molecule has 0 aliphatic heterocycles. The zero-order valence-corrected chi connectivity index (χ0v) is 30.9. The lowest BCUT2D eigenvalue weighted by Gasteiger charge is -2.25. The highest BCUT2D eigenvalue weighted by molar-refractivity contribution is 6.36. The van der Waals surface area contributed by atoms with Crippen molar-refractivity contribution < 1.29 is 28.8 Å². The Morgan fingerprint density at radius 1 is 0.740 bits per heavy atom. The molecule has 0 fully saturated rings. The van der Waals surface area contributed by atoms with E-state index in [4.69, 9.17) is 46.4 Å². The number of carbonyl (C=O) groups is 6. The maximum atomic E-state index is 13.1. The maximum absolute atomic E-state index is 13.1. The second-order valence-corrected chi connectivity index (χ2v) is 14.0. The average Bonchev–Trinajstić information content (AvgIpc) is 3.45. The number of aryl methyl sites for hydroxylation is 1. The van der Waals surface area contributed by atoms with Gasteiger partial charge in [-0.1, -0.05) is 91.4 Å². The molecule has 0 radical (unpaired) electrons. The van der Waals surface area contributed by atoms with E-state index in [1.54, 1.807) is 37.3 Å². The van der Waals surface area contributed by atoms with Crippen LogP contribution in [0.15, 0.2) is 72.8 Å². The summed E-state index contributed by atoms with van der Waals surface area (Å²) in [6.45, 7) is 7.36. The molecule has 0 bridgehead atoms. The minimum Gasteiger partial charge on any atom is -0.387 e. The van der Waals surface area contributed by atoms with Crippen LogP contribution in [0.3, 0.4) is 0 Å². The summed E-state index contributed by atoms with van der Waals surface area (Å²) < 4.78 is 0. The van der Waals surface area contributed by atoms with E-state index in [1.807, 2.05) is 46.0 Å². The molecule has 7 nitrogen and oxygen atoms in total. The highest BCUT2D eigenvalue weighted by Gasteiger charge is 2.49. The van der Waals surface area contributed by atoms with Crippen LogP contribution in [-0.2, 0) is 15.0 Å². The van der Waals surface area contributed by atoms with Gasteiger partial charge in [-0.2, -0.15) is 0 Å². The molecule has 2 unspecified atom stereocenters. The number of hydrogen-bond acceptors (Lipinski definition) is 7. The van der Waals surface area contributed by atoms with Crippen molar-refractivity contribution in [3.63, 3.8) is 0 Å². The summed E-state index contributed by atoms with van der Waals surface area (Å²) in [5.74, 6) is -4.15. The fraction of sp³-hybridized carbons (Fsp3) is 0.231. The number of benzene rings is 4. The van der Waals surface area contributed by atoms with Crippen LogP contribution in [0.1, 0.15) is 85.3 Å². The number of Topliss-reactive ketones (excluding diaryl/α,β-unsaturated/α-hetero) is 4. The number of aldehydes is 1. The van der Waals surface area contributed by atoms with Gasteiger partial charge in [-0.25, -0.2) is 0 Å². The maximum Gasteiger partial charge on any atom is 0.193 e. The van der Waals surface area contributed by atoms with Crippen molar-refractivity contribution in [2.75, 3.05) is 12.4 Å². The summed E-state index contributed by atoms with van der Waals surface area (Å²) in [6.07, 6.45) is 0.567. The smallest absolute Gasteiger partial charge is 0.193 e. The zero-order valence-electron chi connectivity index (χ0n) is 27.8. The van der Waals surface area contributed by atoms with Crippen LogP contribution in [0.2, 0.25) is 20.1 Å². The van der Waals surface area contributed by atoms with Gasteiger partial charge in [0.05, 0.1) is 16.6 Å². The monoisotopic (exact) mass is 751 g/mol. The molecule has 258 valence electrons. The number of ketones is 5. The van der Waals surface area contributed by atoms with Crippen LogP contribution >= 0.6 is 46.4 Å². The van der Waals surface area contributed by atoms with Crippen molar-refractivity contribution in [2.45, 2.75) is 39.5 Å². The highest BCUT2D eigenvalue weighted by atomic mass is 35.5. The number of nitrogens with one attached hydrogen (secondary N) is 1. The fourth-order valence-corrected chi connectivity index (χ4v) is 6.86. The first kappa shape index (κ1) is 38.7. The van der Waals surface area contributed by atoms with Crippen LogP contribution < -0.4 is 5.32 Å². The fourth-order valence-electron chi connectivity index (χ4n) is 5.95. The minimum absolute atomic E-state index is 0.0555. The Morgan fingerprint density at radius 3 is 1.84 bits per heavy atom. The molecule has 6 rings (SSSR count). The van der Waals surface area contributed by atoms with Gasteiger partial charge in [0.1, 0.15) is 18.0 Å². The molecule has 2 aliphatic rings. The first-order chi connectivity index (χ1) is 23.6. The van der Waals surface area contributed by atoms with E-state index in [0.717, 1.165) is 21.8 Å². The predicted octanol–water partition coefficient (Wildman–Crippen LogP) is 9.52. The molecule has 2 aliphatic carbocycles. The number of carbonyl (C=O) groups excluding carboxylic acids is 6. The van der Waals surface area contributed by atoms with Gasteiger partial charge in [0, 0.05) is 61.8 Å². The molecule has 4 aromatic rings.